The van der Waals surface area contributed by atoms with Gasteiger partial charge in [0.05, 0.1) is 6.20 Å². The van der Waals surface area contributed by atoms with Crippen molar-refractivity contribution in [3.8, 4) is 11.4 Å². The van der Waals surface area contributed by atoms with E-state index in [1.54, 1.807) is 18.3 Å². The number of phenolic OH excluding ortho intramolecular Hbond substituents is 1. The Morgan fingerprint density at radius 2 is 1.96 bits per heavy atom. The Labute approximate surface area is 144 Å². The number of benzene rings is 2. The number of rotatable bonds is 5. The second kappa shape index (κ2) is 7.03. The maximum Gasteiger partial charge on any atom is 0.151 e. The lowest BCUT2D eigenvalue weighted by molar-refractivity contribution is 0.460. The zero-order valence-electron chi connectivity index (χ0n) is 14.0. The fraction of sp³-hybridized carbons (Fsp3) is 0.211. The summed E-state index contributed by atoms with van der Waals surface area (Å²) in [5, 5.41) is 17.4. The molecule has 4 nitrogen and oxygen atoms in total. The third kappa shape index (κ3) is 3.53. The van der Waals surface area contributed by atoms with Crippen molar-refractivity contribution in [3.05, 3.63) is 77.1 Å². The van der Waals surface area contributed by atoms with Gasteiger partial charge in [-0.15, -0.1) is 0 Å². The minimum absolute atomic E-state index is 0.0585. The summed E-state index contributed by atoms with van der Waals surface area (Å²) >= 11 is 0. The Bertz CT molecular complexity index is 892. The maximum atomic E-state index is 14.0. The molecule has 0 radical (unpaired) electrons. The normalized spacial score (nSPS) is 12.3. The molecule has 3 rings (SSSR count). The van der Waals surface area contributed by atoms with E-state index in [-0.39, 0.29) is 17.5 Å². The van der Waals surface area contributed by atoms with E-state index < -0.39 is 11.6 Å². The zero-order valence-corrected chi connectivity index (χ0v) is 14.0. The van der Waals surface area contributed by atoms with Gasteiger partial charge in [-0.25, -0.2) is 13.5 Å². The number of para-hydroxylation sites is 1. The van der Waals surface area contributed by atoms with Gasteiger partial charge in [-0.05, 0) is 32.0 Å². The first kappa shape index (κ1) is 17.1. The van der Waals surface area contributed by atoms with Crippen molar-refractivity contribution >= 4 is 0 Å². The monoisotopic (exact) mass is 343 g/mol. The number of halogens is 2. The minimum atomic E-state index is -0.660. The summed E-state index contributed by atoms with van der Waals surface area (Å²) < 4.78 is 28.5. The van der Waals surface area contributed by atoms with E-state index in [2.05, 4.69) is 10.4 Å². The van der Waals surface area contributed by atoms with Crippen LogP contribution < -0.4 is 5.32 Å². The molecule has 3 aromatic rings. The van der Waals surface area contributed by atoms with Gasteiger partial charge in [-0.1, -0.05) is 18.2 Å². The average Bonchev–Trinajstić information content (AvgIpc) is 2.95. The molecule has 0 saturated carbocycles. The number of phenols is 1. The van der Waals surface area contributed by atoms with Gasteiger partial charge in [-0.3, -0.25) is 0 Å². The molecule has 1 heterocycles. The van der Waals surface area contributed by atoms with Crippen LogP contribution in [0.3, 0.4) is 0 Å². The number of aromatic hydroxyl groups is 1. The Kier molecular flexibility index (Phi) is 4.81. The van der Waals surface area contributed by atoms with Gasteiger partial charge in [0.25, 0.3) is 0 Å². The quantitative estimate of drug-likeness (QED) is 0.736. The highest BCUT2D eigenvalue weighted by Crippen LogP contribution is 2.23. The highest BCUT2D eigenvalue weighted by molar-refractivity contribution is 5.37. The molecule has 0 amide bonds. The summed E-state index contributed by atoms with van der Waals surface area (Å²) in [6.07, 6.45) is 1.67. The molecular formula is C19H19F2N3O. The van der Waals surface area contributed by atoms with Crippen molar-refractivity contribution in [2.24, 2.45) is 0 Å². The molecule has 0 saturated heterocycles. The third-order valence-corrected chi connectivity index (χ3v) is 4.24. The Balaban J connectivity index is 1.79. The first-order valence-corrected chi connectivity index (χ1v) is 7.97. The number of hydrogen-bond acceptors (Lipinski definition) is 3. The molecule has 130 valence electrons. The first-order valence-electron chi connectivity index (χ1n) is 7.97. The van der Waals surface area contributed by atoms with Gasteiger partial charge >= 0.3 is 0 Å². The molecule has 0 aliphatic rings. The Morgan fingerprint density at radius 1 is 1.20 bits per heavy atom. The summed E-state index contributed by atoms with van der Waals surface area (Å²) in [7, 11) is 0. The van der Waals surface area contributed by atoms with Gasteiger partial charge in [-0.2, -0.15) is 5.10 Å². The van der Waals surface area contributed by atoms with Crippen LogP contribution in [0.15, 0.2) is 48.7 Å². The molecule has 0 bridgehead atoms. The predicted molar refractivity (Wildman–Crippen MR) is 91.6 cm³/mol. The van der Waals surface area contributed by atoms with Crippen LogP contribution in [0.4, 0.5) is 8.78 Å². The highest BCUT2D eigenvalue weighted by atomic mass is 19.1. The largest absolute Gasteiger partial charge is 0.508 e. The molecule has 2 N–H and O–H groups in total. The van der Waals surface area contributed by atoms with Crippen molar-refractivity contribution in [3.63, 3.8) is 0 Å². The molecule has 6 heteroatoms. The Hall–Kier alpha value is -2.73. The van der Waals surface area contributed by atoms with Crippen molar-refractivity contribution in [1.29, 1.82) is 0 Å². The number of nitrogens with one attached hydrogen (secondary N) is 1. The molecule has 1 unspecified atom stereocenters. The van der Waals surface area contributed by atoms with Crippen molar-refractivity contribution in [2.75, 3.05) is 0 Å². The lowest BCUT2D eigenvalue weighted by Crippen LogP contribution is -2.18. The van der Waals surface area contributed by atoms with Crippen LogP contribution in [-0.4, -0.2) is 14.9 Å². The molecule has 25 heavy (non-hydrogen) atoms. The molecule has 0 fully saturated rings. The average molecular weight is 343 g/mol. The second-order valence-corrected chi connectivity index (χ2v) is 5.92. The number of aromatic nitrogens is 2. The third-order valence-electron chi connectivity index (χ3n) is 4.24. The number of hydrogen-bond donors (Lipinski definition) is 2. The maximum absolute atomic E-state index is 14.0. The summed E-state index contributed by atoms with van der Waals surface area (Å²) in [6, 6.07) is 10.5. The molecular weight excluding hydrogens is 324 g/mol. The predicted octanol–water partition coefficient (Wildman–Crippen LogP) is 4.02. The van der Waals surface area contributed by atoms with Crippen molar-refractivity contribution in [2.45, 2.75) is 26.4 Å². The molecule has 0 spiro atoms. The van der Waals surface area contributed by atoms with E-state index in [0.29, 0.717) is 6.54 Å². The van der Waals surface area contributed by atoms with Gasteiger partial charge in [0.15, 0.2) is 5.82 Å². The highest BCUT2D eigenvalue weighted by Gasteiger charge is 2.16. The smallest absolute Gasteiger partial charge is 0.151 e. The van der Waals surface area contributed by atoms with Gasteiger partial charge < -0.3 is 10.4 Å². The van der Waals surface area contributed by atoms with Crippen LogP contribution in [-0.2, 0) is 6.54 Å². The SMILES string of the molecule is Cc1c(C(C)NCc2ccccc2O)cnn1-c1ccc(F)cc1F. The summed E-state index contributed by atoms with van der Waals surface area (Å²) in [5.41, 5.74) is 2.67. The van der Waals surface area contributed by atoms with Gasteiger partial charge in [0.1, 0.15) is 17.3 Å². The van der Waals surface area contributed by atoms with Crippen molar-refractivity contribution < 1.29 is 13.9 Å². The van der Waals surface area contributed by atoms with Gasteiger partial charge in [0.2, 0.25) is 0 Å². The van der Waals surface area contributed by atoms with Gasteiger partial charge in [0, 0.05) is 35.5 Å². The van der Waals surface area contributed by atoms with Crippen LogP contribution in [0.1, 0.15) is 29.8 Å². The molecule has 1 aromatic heterocycles. The van der Waals surface area contributed by atoms with Crippen LogP contribution in [0.2, 0.25) is 0 Å². The first-order chi connectivity index (χ1) is 12.0. The Morgan fingerprint density at radius 3 is 2.68 bits per heavy atom. The van der Waals surface area contributed by atoms with E-state index >= 15 is 0 Å². The van der Waals surface area contributed by atoms with Crippen LogP contribution in [0.25, 0.3) is 5.69 Å². The number of nitrogens with zero attached hydrogens (tertiary/aromatic N) is 2. The van der Waals surface area contributed by atoms with Crippen molar-refractivity contribution in [1.82, 2.24) is 15.1 Å². The van der Waals surface area contributed by atoms with E-state index in [1.165, 1.54) is 16.8 Å². The van der Waals surface area contributed by atoms with E-state index in [4.69, 9.17) is 0 Å². The summed E-state index contributed by atoms with van der Waals surface area (Å²) in [6.45, 7) is 4.29. The minimum Gasteiger partial charge on any atom is -0.508 e. The topological polar surface area (TPSA) is 50.1 Å². The summed E-state index contributed by atoms with van der Waals surface area (Å²) in [4.78, 5) is 0. The summed E-state index contributed by atoms with van der Waals surface area (Å²) in [5.74, 6) is -1.04. The van der Waals surface area contributed by atoms with E-state index in [0.717, 1.165) is 22.9 Å². The van der Waals surface area contributed by atoms with E-state index in [1.807, 2.05) is 26.0 Å². The molecule has 1 atom stereocenters. The van der Waals surface area contributed by atoms with Crippen LogP contribution in [0, 0.1) is 18.6 Å². The lowest BCUT2D eigenvalue weighted by Gasteiger charge is -2.15. The standard InChI is InChI=1S/C19H19F2N3O/c1-12(22-10-14-5-3-4-6-19(14)25)16-11-23-24(13(16)2)18-8-7-15(20)9-17(18)21/h3-9,11-12,22,25H,10H2,1-2H3. The fourth-order valence-corrected chi connectivity index (χ4v) is 2.78. The lowest BCUT2D eigenvalue weighted by atomic mass is 10.1. The molecule has 2 aromatic carbocycles. The van der Waals surface area contributed by atoms with Crippen LogP contribution in [0.5, 0.6) is 5.75 Å². The molecule has 0 aliphatic carbocycles. The molecule has 0 aliphatic heterocycles. The van der Waals surface area contributed by atoms with Crippen LogP contribution >= 0.6 is 0 Å². The zero-order chi connectivity index (χ0) is 18.0. The van der Waals surface area contributed by atoms with E-state index in [9.17, 15) is 13.9 Å². The second-order valence-electron chi connectivity index (χ2n) is 5.92. The fourth-order valence-electron chi connectivity index (χ4n) is 2.78.